The third kappa shape index (κ3) is 6.32. The molecule has 1 aliphatic heterocycles. The van der Waals surface area contributed by atoms with Gasteiger partial charge in [0.25, 0.3) is 0 Å². The first-order valence-electron chi connectivity index (χ1n) is 9.87. The number of halogens is 2. The van der Waals surface area contributed by atoms with Crippen molar-refractivity contribution in [2.75, 3.05) is 44.1 Å². The molecule has 0 amide bonds. The molecule has 2 N–H and O–H groups in total. The molecule has 1 fully saturated rings. The van der Waals surface area contributed by atoms with Crippen LogP contribution >= 0.6 is 11.8 Å². The van der Waals surface area contributed by atoms with Crippen LogP contribution in [0.25, 0.3) is 0 Å². The van der Waals surface area contributed by atoms with Gasteiger partial charge in [0.15, 0.2) is 16.8 Å². The minimum atomic E-state index is -3.81. The van der Waals surface area contributed by atoms with Gasteiger partial charge < -0.3 is 5.11 Å². The third-order valence-electron chi connectivity index (χ3n) is 4.83. The molecule has 12 heteroatoms. The van der Waals surface area contributed by atoms with E-state index >= 15 is 0 Å². The van der Waals surface area contributed by atoms with E-state index in [1.807, 2.05) is 11.8 Å². The Hall–Kier alpha value is -1.86. The normalized spacial score (nSPS) is 15.9. The predicted octanol–water partition coefficient (Wildman–Crippen LogP) is 1.88. The van der Waals surface area contributed by atoms with Gasteiger partial charge in [-0.05, 0) is 12.5 Å². The largest absolute Gasteiger partial charge is 0.395 e. The van der Waals surface area contributed by atoms with E-state index in [9.17, 15) is 17.2 Å². The number of hydrogen-bond donors (Lipinski definition) is 2. The maximum Gasteiger partial charge on any atom is 0.302 e. The number of nitrogens with zero attached hydrogens (tertiary/aromatic N) is 4. The smallest absolute Gasteiger partial charge is 0.302 e. The maximum absolute atomic E-state index is 13.9. The van der Waals surface area contributed by atoms with Gasteiger partial charge in [0, 0.05) is 55.8 Å². The second kappa shape index (κ2) is 10.6. The zero-order valence-corrected chi connectivity index (χ0v) is 18.7. The molecule has 0 saturated carbocycles. The summed E-state index contributed by atoms with van der Waals surface area (Å²) in [5.74, 6) is -1.60. The van der Waals surface area contributed by atoms with Crippen molar-refractivity contribution < 1.29 is 22.3 Å². The molecule has 1 aromatic carbocycles. The third-order valence-corrected chi connectivity index (χ3v) is 7.24. The molecule has 0 bridgehead atoms. The molecule has 1 aliphatic rings. The lowest BCUT2D eigenvalue weighted by molar-refractivity contribution is 0.152. The molecular formula is C19H25F2N5O3S2. The highest BCUT2D eigenvalue weighted by Gasteiger charge is 2.27. The number of nitrogens with one attached hydrogen (secondary N) is 1. The number of aryl methyl sites for hydroxylation is 1. The van der Waals surface area contributed by atoms with E-state index in [0.717, 1.165) is 17.8 Å². The average molecular weight is 474 g/mol. The fourth-order valence-corrected chi connectivity index (χ4v) is 5.10. The van der Waals surface area contributed by atoms with Crippen LogP contribution in [0.15, 0.2) is 29.4 Å². The molecule has 3 rings (SSSR count). The van der Waals surface area contributed by atoms with E-state index < -0.39 is 21.8 Å². The van der Waals surface area contributed by atoms with Crippen molar-refractivity contribution in [3.63, 3.8) is 0 Å². The first-order chi connectivity index (χ1) is 14.8. The number of hydrogen-bond acceptors (Lipinski definition) is 7. The summed E-state index contributed by atoms with van der Waals surface area (Å²) in [5, 5.41) is 9.29. The van der Waals surface area contributed by atoms with Crippen LogP contribution < -0.4 is 4.72 Å². The summed E-state index contributed by atoms with van der Waals surface area (Å²) < 4.78 is 56.7. The highest BCUT2D eigenvalue weighted by molar-refractivity contribution is 7.98. The Kier molecular flexibility index (Phi) is 8.17. The molecule has 8 nitrogen and oxygen atoms in total. The quantitative estimate of drug-likeness (QED) is 0.424. The molecule has 0 aliphatic carbocycles. The van der Waals surface area contributed by atoms with Crippen LogP contribution in [0.1, 0.15) is 18.2 Å². The first kappa shape index (κ1) is 23.8. The van der Waals surface area contributed by atoms with Crippen LogP contribution in [0.2, 0.25) is 0 Å². The van der Waals surface area contributed by atoms with E-state index in [1.54, 1.807) is 6.07 Å². The summed E-state index contributed by atoms with van der Waals surface area (Å²) in [6, 6.07) is 5.52. The number of anilines is 1. The average Bonchev–Trinajstić information content (AvgIpc) is 2.75. The molecular weight excluding hydrogens is 448 g/mol. The number of aliphatic hydroxyl groups excluding tert-OH is 1. The number of aromatic nitrogens is 2. The van der Waals surface area contributed by atoms with Crippen molar-refractivity contribution in [1.82, 2.24) is 19.2 Å². The Labute approximate surface area is 184 Å². The van der Waals surface area contributed by atoms with E-state index in [2.05, 4.69) is 14.7 Å². The zero-order valence-electron chi connectivity index (χ0n) is 17.1. The van der Waals surface area contributed by atoms with Crippen molar-refractivity contribution in [2.45, 2.75) is 24.3 Å². The number of benzene rings is 1. The Balaban J connectivity index is 1.70. The summed E-state index contributed by atoms with van der Waals surface area (Å²) in [6.45, 7) is 4.10. The molecule has 31 heavy (non-hydrogen) atoms. The van der Waals surface area contributed by atoms with Crippen molar-refractivity contribution >= 4 is 27.8 Å². The van der Waals surface area contributed by atoms with Crippen molar-refractivity contribution in [3.8, 4) is 0 Å². The number of β-amino-alcohol motifs (C(OH)–C–C–N with tert-alkyl or cyclic N) is 1. The SMILES string of the molecule is CCc1cc(NS(=O)(=O)N2CCN(CCO)CC2)nc(SCc2cccc(F)c2F)n1. The van der Waals surface area contributed by atoms with Gasteiger partial charge in [0.1, 0.15) is 5.82 Å². The second-order valence-corrected chi connectivity index (χ2v) is 9.57. The molecule has 1 saturated heterocycles. The summed E-state index contributed by atoms with van der Waals surface area (Å²) >= 11 is 1.10. The van der Waals surface area contributed by atoms with Crippen LogP contribution in [0.3, 0.4) is 0 Å². The number of piperazine rings is 1. The molecule has 2 aromatic rings. The van der Waals surface area contributed by atoms with Crippen LogP contribution in [0.5, 0.6) is 0 Å². The lowest BCUT2D eigenvalue weighted by atomic mass is 10.2. The van der Waals surface area contributed by atoms with Crippen LogP contribution in [0, 0.1) is 11.6 Å². The molecule has 1 aromatic heterocycles. The van der Waals surface area contributed by atoms with Gasteiger partial charge in [-0.15, -0.1) is 0 Å². The second-order valence-electron chi connectivity index (χ2n) is 6.95. The van der Waals surface area contributed by atoms with E-state index in [4.69, 9.17) is 5.11 Å². The summed E-state index contributed by atoms with van der Waals surface area (Å²) in [5.41, 5.74) is 0.807. The summed E-state index contributed by atoms with van der Waals surface area (Å²) in [4.78, 5) is 10.6. The Morgan fingerprint density at radius 3 is 2.61 bits per heavy atom. The minimum Gasteiger partial charge on any atom is -0.395 e. The number of aliphatic hydroxyl groups is 1. The monoisotopic (exact) mass is 473 g/mol. The maximum atomic E-state index is 13.9. The van der Waals surface area contributed by atoms with E-state index in [0.29, 0.717) is 44.8 Å². The Bertz CT molecular complexity index is 1000. The summed E-state index contributed by atoms with van der Waals surface area (Å²) in [6.07, 6.45) is 0.555. The van der Waals surface area contributed by atoms with Crippen molar-refractivity contribution in [3.05, 3.63) is 47.2 Å². The Morgan fingerprint density at radius 1 is 1.19 bits per heavy atom. The highest BCUT2D eigenvalue weighted by Crippen LogP contribution is 2.24. The molecule has 0 spiro atoms. The standard InChI is InChI=1S/C19H25F2N5O3S2/c1-2-15-12-17(24-31(28,29)26-8-6-25(7-9-26)10-11-27)23-19(22-15)30-13-14-4-3-5-16(20)18(14)21/h3-5,12,27H,2,6-11,13H2,1H3,(H,22,23,24). The van der Waals surface area contributed by atoms with Crippen LogP contribution in [0.4, 0.5) is 14.6 Å². The van der Waals surface area contributed by atoms with E-state index in [1.165, 1.54) is 16.4 Å². The van der Waals surface area contributed by atoms with E-state index in [-0.39, 0.29) is 28.9 Å². The lowest BCUT2D eigenvalue weighted by Gasteiger charge is -2.33. The molecule has 0 radical (unpaired) electrons. The van der Waals surface area contributed by atoms with Gasteiger partial charge in [-0.25, -0.2) is 18.7 Å². The fraction of sp³-hybridized carbons (Fsp3) is 0.474. The molecule has 2 heterocycles. The molecule has 170 valence electrons. The van der Waals surface area contributed by atoms with Gasteiger partial charge in [-0.1, -0.05) is 30.8 Å². The minimum absolute atomic E-state index is 0.0334. The summed E-state index contributed by atoms with van der Waals surface area (Å²) in [7, 11) is -3.81. The van der Waals surface area contributed by atoms with Gasteiger partial charge in [-0.2, -0.15) is 12.7 Å². The van der Waals surface area contributed by atoms with Crippen LogP contribution in [-0.4, -0.2) is 72.0 Å². The van der Waals surface area contributed by atoms with Crippen molar-refractivity contribution in [2.24, 2.45) is 0 Å². The van der Waals surface area contributed by atoms with Gasteiger partial charge in [0.2, 0.25) is 0 Å². The first-order valence-corrected chi connectivity index (χ1v) is 12.3. The van der Waals surface area contributed by atoms with Gasteiger partial charge in [-0.3, -0.25) is 9.62 Å². The van der Waals surface area contributed by atoms with Crippen molar-refractivity contribution in [1.29, 1.82) is 0 Å². The topological polar surface area (TPSA) is 98.7 Å². The predicted molar refractivity (Wildman–Crippen MR) is 115 cm³/mol. The van der Waals surface area contributed by atoms with Gasteiger partial charge >= 0.3 is 10.2 Å². The molecule has 0 atom stereocenters. The van der Waals surface area contributed by atoms with Gasteiger partial charge in [0.05, 0.1) is 6.61 Å². The zero-order chi connectivity index (χ0) is 22.4. The van der Waals surface area contributed by atoms with Crippen LogP contribution in [-0.2, 0) is 22.4 Å². The number of thioether (sulfide) groups is 1. The lowest BCUT2D eigenvalue weighted by Crippen LogP contribution is -2.50. The number of rotatable bonds is 9. The molecule has 0 unspecified atom stereocenters. The highest BCUT2D eigenvalue weighted by atomic mass is 32.2. The Morgan fingerprint density at radius 2 is 1.94 bits per heavy atom. The fourth-order valence-electron chi connectivity index (χ4n) is 3.11.